The SMILES string of the molecule is O=C(CCC(F)(F)F)Cc1c(F)ccc(Br)c1F. The normalized spacial score (nSPS) is 11.7. The number of halogens is 6. The van der Waals surface area contributed by atoms with Crippen molar-refractivity contribution in [2.45, 2.75) is 25.4 Å². The lowest BCUT2D eigenvalue weighted by molar-refractivity contribution is -0.143. The first-order valence-electron chi connectivity index (χ1n) is 4.91. The van der Waals surface area contributed by atoms with Gasteiger partial charge in [0.1, 0.15) is 17.4 Å². The first-order chi connectivity index (χ1) is 8.20. The van der Waals surface area contributed by atoms with Gasteiger partial charge in [-0.05, 0) is 28.1 Å². The molecule has 1 aromatic rings. The lowest BCUT2D eigenvalue weighted by Gasteiger charge is -2.07. The van der Waals surface area contributed by atoms with Crippen LogP contribution in [-0.4, -0.2) is 12.0 Å². The first kappa shape index (κ1) is 15.1. The van der Waals surface area contributed by atoms with Crippen LogP contribution >= 0.6 is 15.9 Å². The molecule has 1 nitrogen and oxygen atoms in total. The van der Waals surface area contributed by atoms with E-state index in [0.717, 1.165) is 12.1 Å². The van der Waals surface area contributed by atoms with Gasteiger partial charge in [-0.1, -0.05) is 0 Å². The van der Waals surface area contributed by atoms with E-state index < -0.39 is 48.4 Å². The highest BCUT2D eigenvalue weighted by atomic mass is 79.9. The molecule has 100 valence electrons. The summed E-state index contributed by atoms with van der Waals surface area (Å²) in [6.45, 7) is 0. The van der Waals surface area contributed by atoms with Crippen LogP contribution in [0, 0.1) is 11.6 Å². The Morgan fingerprint density at radius 3 is 2.39 bits per heavy atom. The number of benzene rings is 1. The second-order valence-corrected chi connectivity index (χ2v) is 4.51. The summed E-state index contributed by atoms with van der Waals surface area (Å²) < 4.78 is 62.2. The minimum atomic E-state index is -4.45. The van der Waals surface area contributed by atoms with E-state index in [2.05, 4.69) is 15.9 Å². The molecule has 0 N–H and O–H groups in total. The van der Waals surface area contributed by atoms with E-state index in [1.54, 1.807) is 0 Å². The van der Waals surface area contributed by atoms with Gasteiger partial charge in [-0.15, -0.1) is 0 Å². The van der Waals surface area contributed by atoms with E-state index >= 15 is 0 Å². The summed E-state index contributed by atoms with van der Waals surface area (Å²) in [4.78, 5) is 11.2. The van der Waals surface area contributed by atoms with Crippen molar-refractivity contribution in [2.24, 2.45) is 0 Å². The minimum absolute atomic E-state index is 0.0393. The molecule has 0 fully saturated rings. The molecule has 0 saturated heterocycles. The fraction of sp³-hybridized carbons (Fsp3) is 0.364. The van der Waals surface area contributed by atoms with E-state index in [1.807, 2.05) is 0 Å². The van der Waals surface area contributed by atoms with Crippen molar-refractivity contribution >= 4 is 21.7 Å². The maximum absolute atomic E-state index is 13.4. The fourth-order valence-corrected chi connectivity index (χ4v) is 1.67. The molecule has 0 aromatic heterocycles. The largest absolute Gasteiger partial charge is 0.389 e. The Morgan fingerprint density at radius 1 is 1.22 bits per heavy atom. The Morgan fingerprint density at radius 2 is 1.83 bits per heavy atom. The molecule has 0 unspecified atom stereocenters. The topological polar surface area (TPSA) is 17.1 Å². The van der Waals surface area contributed by atoms with Crippen molar-refractivity contribution < 1.29 is 26.7 Å². The van der Waals surface area contributed by atoms with Crippen molar-refractivity contribution in [1.29, 1.82) is 0 Å². The van der Waals surface area contributed by atoms with Crippen LogP contribution in [0.1, 0.15) is 18.4 Å². The molecule has 0 radical (unpaired) electrons. The Balaban J connectivity index is 2.74. The van der Waals surface area contributed by atoms with Gasteiger partial charge in [0.25, 0.3) is 0 Å². The number of carbonyl (C=O) groups is 1. The predicted molar refractivity (Wildman–Crippen MR) is 58.1 cm³/mol. The summed E-state index contributed by atoms with van der Waals surface area (Å²) in [5.74, 6) is -2.77. The number of carbonyl (C=O) groups excluding carboxylic acids is 1. The number of alkyl halides is 3. The van der Waals surface area contributed by atoms with Gasteiger partial charge in [0, 0.05) is 18.4 Å². The van der Waals surface area contributed by atoms with Crippen molar-refractivity contribution in [3.8, 4) is 0 Å². The smallest absolute Gasteiger partial charge is 0.299 e. The van der Waals surface area contributed by atoms with E-state index in [4.69, 9.17) is 0 Å². The van der Waals surface area contributed by atoms with Crippen LogP contribution in [0.2, 0.25) is 0 Å². The summed E-state index contributed by atoms with van der Waals surface area (Å²) >= 11 is 2.81. The van der Waals surface area contributed by atoms with Gasteiger partial charge >= 0.3 is 6.18 Å². The van der Waals surface area contributed by atoms with E-state index in [9.17, 15) is 26.7 Å². The molecule has 7 heteroatoms. The monoisotopic (exact) mass is 330 g/mol. The zero-order valence-corrected chi connectivity index (χ0v) is 10.5. The average Bonchev–Trinajstić information content (AvgIpc) is 2.26. The summed E-state index contributed by atoms with van der Waals surface area (Å²) in [6.07, 6.45) is -7.21. The quantitative estimate of drug-likeness (QED) is 0.598. The van der Waals surface area contributed by atoms with Gasteiger partial charge in [0.15, 0.2) is 0 Å². The molecule has 0 amide bonds. The lowest BCUT2D eigenvalue weighted by atomic mass is 10.0. The lowest BCUT2D eigenvalue weighted by Crippen LogP contribution is -2.13. The van der Waals surface area contributed by atoms with Crippen molar-refractivity contribution in [3.63, 3.8) is 0 Å². The molecule has 0 bridgehead atoms. The van der Waals surface area contributed by atoms with Crippen molar-refractivity contribution in [2.75, 3.05) is 0 Å². The number of Topliss-reactive ketones (excluding diaryl/α,β-unsaturated/α-hetero) is 1. The highest BCUT2D eigenvalue weighted by Gasteiger charge is 2.28. The third-order valence-electron chi connectivity index (χ3n) is 2.20. The third-order valence-corrected chi connectivity index (χ3v) is 2.81. The van der Waals surface area contributed by atoms with Crippen LogP contribution in [0.5, 0.6) is 0 Å². The molecule has 1 aromatic carbocycles. The van der Waals surface area contributed by atoms with Crippen molar-refractivity contribution in [1.82, 2.24) is 0 Å². The standard InChI is InChI=1S/C11H8BrF5O/c12-8-1-2-9(13)7(10(8)14)5-6(18)3-4-11(15,16)17/h1-2H,3-5H2. The van der Waals surface area contributed by atoms with E-state index in [1.165, 1.54) is 0 Å². The van der Waals surface area contributed by atoms with Gasteiger partial charge in [-0.25, -0.2) is 8.78 Å². The zero-order valence-electron chi connectivity index (χ0n) is 8.95. The molecule has 0 aliphatic carbocycles. The van der Waals surface area contributed by atoms with E-state index in [0.29, 0.717) is 0 Å². The molecule has 18 heavy (non-hydrogen) atoms. The maximum atomic E-state index is 13.4. The molecule has 0 spiro atoms. The maximum Gasteiger partial charge on any atom is 0.389 e. The average molecular weight is 331 g/mol. The van der Waals surface area contributed by atoms with Gasteiger partial charge in [0.2, 0.25) is 0 Å². The molecule has 0 aliphatic heterocycles. The van der Waals surface area contributed by atoms with Gasteiger partial charge in [0.05, 0.1) is 10.9 Å². The molecule has 0 heterocycles. The van der Waals surface area contributed by atoms with E-state index in [-0.39, 0.29) is 4.47 Å². The highest BCUT2D eigenvalue weighted by Crippen LogP contribution is 2.24. The molecule has 0 atom stereocenters. The molecule has 1 rings (SSSR count). The Labute approximate surface area is 108 Å². The Bertz CT molecular complexity index is 455. The van der Waals surface area contributed by atoms with Crippen LogP contribution in [0.4, 0.5) is 22.0 Å². The predicted octanol–water partition coefficient (Wildman–Crippen LogP) is 4.18. The van der Waals surface area contributed by atoms with Crippen LogP contribution < -0.4 is 0 Å². The molecular weight excluding hydrogens is 323 g/mol. The van der Waals surface area contributed by atoms with Gasteiger partial charge in [-0.3, -0.25) is 4.79 Å². The number of hydrogen-bond donors (Lipinski definition) is 0. The first-order valence-corrected chi connectivity index (χ1v) is 5.71. The summed E-state index contributed by atoms with van der Waals surface area (Å²) in [7, 11) is 0. The second kappa shape index (κ2) is 5.77. The van der Waals surface area contributed by atoms with Gasteiger partial charge < -0.3 is 0 Å². The number of ketones is 1. The highest BCUT2D eigenvalue weighted by molar-refractivity contribution is 9.10. The fourth-order valence-electron chi connectivity index (χ4n) is 1.30. The number of rotatable bonds is 4. The zero-order chi connectivity index (χ0) is 13.9. The Kier molecular flexibility index (Phi) is 4.84. The van der Waals surface area contributed by atoms with Crippen LogP contribution in [0.15, 0.2) is 16.6 Å². The number of hydrogen-bond acceptors (Lipinski definition) is 1. The summed E-state index contributed by atoms with van der Waals surface area (Å²) in [5, 5.41) is 0. The van der Waals surface area contributed by atoms with Crippen LogP contribution in [0.3, 0.4) is 0 Å². The molecular formula is C11H8BrF5O. The van der Waals surface area contributed by atoms with Gasteiger partial charge in [-0.2, -0.15) is 13.2 Å². The van der Waals surface area contributed by atoms with Crippen LogP contribution in [-0.2, 0) is 11.2 Å². The third kappa shape index (κ3) is 4.36. The summed E-state index contributed by atoms with van der Waals surface area (Å²) in [6, 6.07) is 2.06. The second-order valence-electron chi connectivity index (χ2n) is 3.65. The molecule has 0 aliphatic rings. The molecule has 0 saturated carbocycles. The minimum Gasteiger partial charge on any atom is -0.299 e. The van der Waals surface area contributed by atoms with Crippen LogP contribution in [0.25, 0.3) is 0 Å². The summed E-state index contributed by atoms with van der Waals surface area (Å²) in [5.41, 5.74) is -0.517. The Hall–Kier alpha value is -0.980. The van der Waals surface area contributed by atoms with Crippen molar-refractivity contribution in [3.05, 3.63) is 33.8 Å².